The average Bonchev–Trinajstić information content (AvgIpc) is 3.73. The van der Waals surface area contributed by atoms with E-state index in [2.05, 4.69) is 74.6 Å². The lowest BCUT2D eigenvalue weighted by Gasteiger charge is -2.28. The first kappa shape index (κ1) is 88.7. The molecule has 9 nitrogen and oxygen atoms in total. The Balaban J connectivity index is 3.93. The molecule has 0 radical (unpaired) electrons. The van der Waals surface area contributed by atoms with Crippen LogP contribution in [0.2, 0.25) is 0 Å². The van der Waals surface area contributed by atoms with Gasteiger partial charge in [0.15, 0.2) is 6.10 Å². The van der Waals surface area contributed by atoms with Crippen LogP contribution in [0.4, 0.5) is 0 Å². The molecule has 0 N–H and O–H groups in total. The van der Waals surface area contributed by atoms with E-state index in [-0.39, 0.29) is 32.0 Å². The first-order valence-corrected chi connectivity index (χ1v) is 41.0. The van der Waals surface area contributed by atoms with E-state index in [1.807, 2.05) is 21.1 Å². The summed E-state index contributed by atoms with van der Waals surface area (Å²) in [6.07, 6.45) is 96.3. The molecule has 0 aliphatic heterocycles. The van der Waals surface area contributed by atoms with E-state index in [0.29, 0.717) is 17.4 Å². The second kappa shape index (κ2) is 72.0. The molecule has 0 aliphatic rings. The molecule has 91 heavy (non-hydrogen) atoms. The van der Waals surface area contributed by atoms with Crippen LogP contribution in [0.25, 0.3) is 0 Å². The van der Waals surface area contributed by atoms with Gasteiger partial charge in [-0.15, -0.1) is 0 Å². The second-order valence-electron chi connectivity index (χ2n) is 28.1. The molecule has 0 aromatic rings. The highest BCUT2D eigenvalue weighted by atomic mass is 31.2. The monoisotopic (exact) mass is 1300 g/mol. The molecule has 10 heteroatoms. The maximum atomic E-state index is 12.9. The molecule has 0 bridgehead atoms. The van der Waals surface area contributed by atoms with Crippen molar-refractivity contribution in [3.05, 3.63) is 60.8 Å². The van der Waals surface area contributed by atoms with E-state index in [1.165, 1.54) is 295 Å². The molecule has 0 saturated heterocycles. The van der Waals surface area contributed by atoms with Gasteiger partial charge in [-0.1, -0.05) is 383 Å². The van der Waals surface area contributed by atoms with Gasteiger partial charge in [-0.25, -0.2) is 0 Å². The van der Waals surface area contributed by atoms with Crippen molar-refractivity contribution in [2.75, 3.05) is 47.5 Å². The third kappa shape index (κ3) is 76.6. The van der Waals surface area contributed by atoms with Gasteiger partial charge in [-0.3, -0.25) is 14.2 Å². The second-order valence-corrected chi connectivity index (χ2v) is 29.5. The van der Waals surface area contributed by atoms with Gasteiger partial charge < -0.3 is 27.9 Å². The summed E-state index contributed by atoms with van der Waals surface area (Å²) < 4.78 is 34.4. The molecule has 2 atom stereocenters. The van der Waals surface area contributed by atoms with Crippen LogP contribution in [0.15, 0.2) is 60.8 Å². The quantitative estimate of drug-likeness (QED) is 0.0195. The summed E-state index contributed by atoms with van der Waals surface area (Å²) >= 11 is 0. The van der Waals surface area contributed by atoms with Gasteiger partial charge >= 0.3 is 11.9 Å². The number of carbonyl (C=O) groups is 2. The van der Waals surface area contributed by atoms with Gasteiger partial charge in [0.05, 0.1) is 27.7 Å². The van der Waals surface area contributed by atoms with E-state index < -0.39 is 26.5 Å². The zero-order valence-electron chi connectivity index (χ0n) is 61.1. The van der Waals surface area contributed by atoms with Crippen molar-refractivity contribution in [3.63, 3.8) is 0 Å². The van der Waals surface area contributed by atoms with Crippen molar-refractivity contribution in [1.82, 2.24) is 0 Å². The molecule has 0 saturated carbocycles. The first-order chi connectivity index (χ1) is 44.5. The molecular weight excluding hydrogens is 1150 g/mol. The lowest BCUT2D eigenvalue weighted by Crippen LogP contribution is -2.37. The van der Waals surface area contributed by atoms with Gasteiger partial charge in [0, 0.05) is 12.8 Å². The van der Waals surface area contributed by atoms with Crippen molar-refractivity contribution in [2.24, 2.45) is 0 Å². The van der Waals surface area contributed by atoms with Crippen molar-refractivity contribution in [3.8, 4) is 0 Å². The molecule has 0 rings (SSSR count). The van der Waals surface area contributed by atoms with Crippen LogP contribution in [-0.4, -0.2) is 70.0 Å². The fourth-order valence-corrected chi connectivity index (χ4v) is 12.5. The van der Waals surface area contributed by atoms with Crippen LogP contribution in [-0.2, 0) is 32.7 Å². The minimum absolute atomic E-state index is 0.0285. The Hall–Kier alpha value is -2.29. The van der Waals surface area contributed by atoms with Crippen molar-refractivity contribution >= 4 is 19.8 Å². The maximum absolute atomic E-state index is 12.9. The van der Waals surface area contributed by atoms with Gasteiger partial charge in [0.25, 0.3) is 7.82 Å². The Labute approximate surface area is 566 Å². The zero-order valence-corrected chi connectivity index (χ0v) is 62.0. The van der Waals surface area contributed by atoms with Crippen LogP contribution in [0.5, 0.6) is 0 Å². The number of unbranched alkanes of at least 4 members (excludes halogenated alkanes) is 50. The Morgan fingerprint density at radius 1 is 0.352 bits per heavy atom. The standard InChI is InChI=1S/C81H152NO8P/c1-6-8-10-12-14-16-18-20-22-24-26-28-30-32-34-36-38-40-41-42-44-46-48-50-52-54-56-58-60-62-64-66-68-70-72-74-81(84)90-79(78-89-91(85,86)88-76-75-82(3,4)5)77-87-80(83)73-71-69-67-65-63-61-59-57-55-53-51-49-47-45-43-39-37-35-33-31-29-27-25-23-21-19-17-15-13-11-9-7-2/h8,10,14,16,20,22,26,28,32,34,79H,6-7,9,11-13,15,17-19,21,23-25,27,29-31,33,35-78H2,1-5H3/b10-8-,16-14-,22-20-,28-26-,34-32-. The number of hydrogen-bond acceptors (Lipinski definition) is 8. The van der Waals surface area contributed by atoms with Crippen LogP contribution in [0, 0.1) is 0 Å². The van der Waals surface area contributed by atoms with Gasteiger partial charge in [0.1, 0.15) is 19.8 Å². The number of hydrogen-bond donors (Lipinski definition) is 0. The molecule has 2 unspecified atom stereocenters. The highest BCUT2D eigenvalue weighted by molar-refractivity contribution is 7.45. The number of likely N-dealkylation sites (N-methyl/N-ethyl adjacent to an activating group) is 1. The maximum Gasteiger partial charge on any atom is 0.306 e. The minimum Gasteiger partial charge on any atom is -0.756 e. The molecule has 0 amide bonds. The summed E-state index contributed by atoms with van der Waals surface area (Å²) in [5.74, 6) is -0.810. The fraction of sp³-hybridized carbons (Fsp3) is 0.852. The minimum atomic E-state index is -4.64. The van der Waals surface area contributed by atoms with Crippen LogP contribution >= 0.6 is 7.82 Å². The third-order valence-corrected chi connectivity index (χ3v) is 18.8. The summed E-state index contributed by atoms with van der Waals surface area (Å²) in [5, 5.41) is 0. The van der Waals surface area contributed by atoms with Crippen LogP contribution < -0.4 is 4.89 Å². The molecule has 0 aromatic carbocycles. The van der Waals surface area contributed by atoms with Crippen molar-refractivity contribution in [2.45, 2.75) is 399 Å². The number of quaternary nitrogens is 1. The molecule has 0 fully saturated rings. The van der Waals surface area contributed by atoms with E-state index in [1.54, 1.807) is 0 Å². The molecule has 0 heterocycles. The number of phosphoric acid groups is 1. The molecular formula is C81H152NO8P. The van der Waals surface area contributed by atoms with Gasteiger partial charge in [0.2, 0.25) is 0 Å². The number of nitrogens with zero attached hydrogens (tertiary/aromatic N) is 1. The summed E-state index contributed by atoms with van der Waals surface area (Å²) in [6.45, 7) is 4.20. The number of allylic oxidation sites excluding steroid dienone is 10. The molecule has 0 aliphatic carbocycles. The normalized spacial score (nSPS) is 13.3. The SMILES string of the molecule is CC/C=C\C/C=C\C/C=C\C/C=C\C/C=C\CCCCCCCCCCCCCCCCCCCCCC(=O)OC(COC(=O)CCCCCCCCCCCCCCCCCCCCCCCCCCCCCCCCCC)COP(=O)([O-])OCC[N+](C)(C)C. The smallest absolute Gasteiger partial charge is 0.306 e. The number of rotatable bonds is 74. The Morgan fingerprint density at radius 2 is 0.626 bits per heavy atom. The number of ether oxygens (including phenoxy) is 2. The lowest BCUT2D eigenvalue weighted by atomic mass is 10.0. The third-order valence-electron chi connectivity index (χ3n) is 17.8. The van der Waals surface area contributed by atoms with Crippen LogP contribution in [0.3, 0.4) is 0 Å². The predicted octanol–water partition coefficient (Wildman–Crippen LogP) is 25.5. The fourth-order valence-electron chi connectivity index (χ4n) is 11.8. The van der Waals surface area contributed by atoms with E-state index in [4.69, 9.17) is 18.5 Å². The van der Waals surface area contributed by atoms with Gasteiger partial charge in [-0.2, -0.15) is 0 Å². The molecule has 534 valence electrons. The molecule has 0 spiro atoms. The topological polar surface area (TPSA) is 111 Å². The summed E-state index contributed by atoms with van der Waals surface area (Å²) in [4.78, 5) is 38.2. The van der Waals surface area contributed by atoms with Gasteiger partial charge in [-0.05, 0) is 57.8 Å². The number of phosphoric ester groups is 1. The summed E-state index contributed by atoms with van der Waals surface area (Å²) in [6, 6.07) is 0. The van der Waals surface area contributed by atoms with Crippen LogP contribution in [0.1, 0.15) is 393 Å². The largest absolute Gasteiger partial charge is 0.756 e. The Bertz CT molecular complexity index is 1720. The zero-order chi connectivity index (χ0) is 66.2. The lowest BCUT2D eigenvalue weighted by molar-refractivity contribution is -0.870. The number of esters is 2. The average molecular weight is 1300 g/mol. The van der Waals surface area contributed by atoms with E-state index in [0.717, 1.165) is 64.2 Å². The van der Waals surface area contributed by atoms with Crippen molar-refractivity contribution < 1.29 is 42.1 Å². The number of carbonyl (C=O) groups excluding carboxylic acids is 2. The highest BCUT2D eigenvalue weighted by Gasteiger charge is 2.22. The predicted molar refractivity (Wildman–Crippen MR) is 393 cm³/mol. The Kier molecular flexibility index (Phi) is 70.2. The van der Waals surface area contributed by atoms with E-state index in [9.17, 15) is 19.0 Å². The first-order valence-electron chi connectivity index (χ1n) is 39.5. The van der Waals surface area contributed by atoms with E-state index >= 15 is 0 Å². The Morgan fingerprint density at radius 3 is 0.934 bits per heavy atom. The highest BCUT2D eigenvalue weighted by Crippen LogP contribution is 2.38. The molecule has 0 aromatic heterocycles. The summed E-state index contributed by atoms with van der Waals surface area (Å²) in [7, 11) is 1.19. The summed E-state index contributed by atoms with van der Waals surface area (Å²) in [5.41, 5.74) is 0. The van der Waals surface area contributed by atoms with Crippen molar-refractivity contribution in [1.29, 1.82) is 0 Å².